The van der Waals surface area contributed by atoms with Crippen LogP contribution in [0.2, 0.25) is 0 Å². The highest BCUT2D eigenvalue weighted by molar-refractivity contribution is 6.00. The van der Waals surface area contributed by atoms with Crippen molar-refractivity contribution < 1.29 is 24.0 Å². The maximum absolute atomic E-state index is 12.6. The lowest BCUT2D eigenvalue weighted by Gasteiger charge is -2.32. The maximum atomic E-state index is 12.6. The van der Waals surface area contributed by atoms with Gasteiger partial charge in [0.05, 0.1) is 36.2 Å². The standard InChI is InChI=1S/C19H22N2O6/c1-10(2)17-16(19(23)27-5)15(14(11(3)20-17)18(22)26-4)12-8-6-7-9-13(12)21(24)25/h6-10,15,20H,1-5H3. The van der Waals surface area contributed by atoms with Gasteiger partial charge in [0.15, 0.2) is 0 Å². The molecular formula is C19H22N2O6. The topological polar surface area (TPSA) is 108 Å². The molecule has 0 amide bonds. The molecule has 1 aromatic rings. The number of nitro groups is 1. The van der Waals surface area contributed by atoms with E-state index >= 15 is 0 Å². The van der Waals surface area contributed by atoms with E-state index in [1.54, 1.807) is 13.0 Å². The van der Waals surface area contributed by atoms with Gasteiger partial charge in [-0.25, -0.2) is 9.59 Å². The van der Waals surface area contributed by atoms with E-state index < -0.39 is 22.8 Å². The fourth-order valence-corrected chi connectivity index (χ4v) is 3.24. The molecule has 1 aliphatic rings. The minimum Gasteiger partial charge on any atom is -0.466 e. The summed E-state index contributed by atoms with van der Waals surface area (Å²) < 4.78 is 9.83. The van der Waals surface area contributed by atoms with Gasteiger partial charge >= 0.3 is 11.9 Å². The number of hydrogen-bond donors (Lipinski definition) is 1. The number of para-hydroxylation sites is 1. The number of hydrogen-bond acceptors (Lipinski definition) is 7. The summed E-state index contributed by atoms with van der Waals surface area (Å²) in [6.45, 7) is 5.42. The summed E-state index contributed by atoms with van der Waals surface area (Å²) >= 11 is 0. The van der Waals surface area contributed by atoms with Crippen molar-refractivity contribution in [3.8, 4) is 0 Å². The van der Waals surface area contributed by atoms with Gasteiger partial charge in [0.1, 0.15) is 0 Å². The molecule has 1 N–H and O–H groups in total. The summed E-state index contributed by atoms with van der Waals surface area (Å²) in [4.78, 5) is 36.2. The molecule has 1 aliphatic heterocycles. The summed E-state index contributed by atoms with van der Waals surface area (Å²) in [5, 5.41) is 14.7. The van der Waals surface area contributed by atoms with Crippen LogP contribution in [0.25, 0.3) is 0 Å². The van der Waals surface area contributed by atoms with Crippen molar-refractivity contribution in [2.24, 2.45) is 5.92 Å². The number of ether oxygens (including phenoxy) is 2. The van der Waals surface area contributed by atoms with E-state index in [1.807, 2.05) is 13.8 Å². The highest BCUT2D eigenvalue weighted by Crippen LogP contribution is 2.43. The number of nitro benzene ring substituents is 1. The van der Waals surface area contributed by atoms with Gasteiger partial charge in [0.25, 0.3) is 5.69 Å². The summed E-state index contributed by atoms with van der Waals surface area (Å²) in [6.07, 6.45) is 0. The number of nitrogens with zero attached hydrogens (tertiary/aromatic N) is 1. The molecule has 0 fully saturated rings. The second kappa shape index (κ2) is 8.03. The van der Waals surface area contributed by atoms with Gasteiger partial charge in [-0.15, -0.1) is 0 Å². The van der Waals surface area contributed by atoms with Gasteiger partial charge in [0, 0.05) is 23.0 Å². The van der Waals surface area contributed by atoms with Crippen LogP contribution >= 0.6 is 0 Å². The molecule has 1 heterocycles. The lowest BCUT2D eigenvalue weighted by molar-refractivity contribution is -0.385. The predicted octanol–water partition coefficient (Wildman–Crippen LogP) is 2.81. The molecule has 8 nitrogen and oxygen atoms in total. The second-order valence-electron chi connectivity index (χ2n) is 6.38. The van der Waals surface area contributed by atoms with Crippen LogP contribution in [-0.2, 0) is 19.1 Å². The van der Waals surface area contributed by atoms with Gasteiger partial charge < -0.3 is 14.8 Å². The average Bonchev–Trinajstić information content (AvgIpc) is 2.65. The normalized spacial score (nSPS) is 16.9. The van der Waals surface area contributed by atoms with Crippen molar-refractivity contribution in [1.29, 1.82) is 0 Å². The molecule has 1 atom stereocenters. The lowest BCUT2D eigenvalue weighted by Crippen LogP contribution is -2.34. The van der Waals surface area contributed by atoms with Crippen molar-refractivity contribution >= 4 is 17.6 Å². The first-order chi connectivity index (χ1) is 12.7. The third-order valence-corrected chi connectivity index (χ3v) is 4.43. The smallest absolute Gasteiger partial charge is 0.336 e. The van der Waals surface area contributed by atoms with Crippen LogP contribution in [-0.4, -0.2) is 31.1 Å². The number of rotatable bonds is 5. The van der Waals surface area contributed by atoms with Crippen molar-refractivity contribution in [3.05, 3.63) is 62.5 Å². The van der Waals surface area contributed by atoms with E-state index in [9.17, 15) is 19.7 Å². The highest BCUT2D eigenvalue weighted by atomic mass is 16.6. The summed E-state index contributed by atoms with van der Waals surface area (Å²) in [7, 11) is 2.45. The van der Waals surface area contributed by atoms with Crippen molar-refractivity contribution in [1.82, 2.24) is 5.32 Å². The van der Waals surface area contributed by atoms with E-state index in [2.05, 4.69) is 5.32 Å². The monoisotopic (exact) mass is 374 g/mol. The number of benzene rings is 1. The molecule has 0 bridgehead atoms. The first-order valence-corrected chi connectivity index (χ1v) is 8.36. The highest BCUT2D eigenvalue weighted by Gasteiger charge is 2.41. The minimum atomic E-state index is -0.981. The SMILES string of the molecule is COC(=O)C1=C(C)NC(C(C)C)=C(C(=O)OC)C1c1ccccc1[N+](=O)[O-]. The molecule has 8 heteroatoms. The van der Waals surface area contributed by atoms with Gasteiger partial charge in [0.2, 0.25) is 0 Å². The zero-order valence-electron chi connectivity index (χ0n) is 15.9. The third-order valence-electron chi connectivity index (χ3n) is 4.43. The minimum absolute atomic E-state index is 0.112. The van der Waals surface area contributed by atoms with Gasteiger partial charge in [-0.1, -0.05) is 32.0 Å². The Hall–Kier alpha value is -3.16. The molecule has 0 aliphatic carbocycles. The Labute approximate surface area is 157 Å². The van der Waals surface area contributed by atoms with Crippen LogP contribution in [0.3, 0.4) is 0 Å². The Kier molecular flexibility index (Phi) is 5.99. The Morgan fingerprint density at radius 3 is 2.19 bits per heavy atom. The molecule has 0 saturated heterocycles. The second-order valence-corrected chi connectivity index (χ2v) is 6.38. The fourth-order valence-electron chi connectivity index (χ4n) is 3.24. The van der Waals surface area contributed by atoms with Crippen molar-refractivity contribution in [2.45, 2.75) is 26.7 Å². The number of methoxy groups -OCH3 is 2. The Morgan fingerprint density at radius 2 is 1.67 bits per heavy atom. The van der Waals surface area contributed by atoms with E-state index in [0.29, 0.717) is 11.4 Å². The zero-order chi connectivity index (χ0) is 20.3. The molecule has 0 spiro atoms. The Bertz CT molecular complexity index is 854. The average molecular weight is 374 g/mol. The number of carbonyl (C=O) groups excluding carboxylic acids is 2. The number of dihydropyridines is 1. The van der Waals surface area contributed by atoms with E-state index in [-0.39, 0.29) is 28.3 Å². The van der Waals surface area contributed by atoms with Crippen LogP contribution < -0.4 is 5.32 Å². The molecular weight excluding hydrogens is 352 g/mol. The largest absolute Gasteiger partial charge is 0.466 e. The quantitative estimate of drug-likeness (QED) is 0.479. The van der Waals surface area contributed by atoms with Crippen LogP contribution in [0.1, 0.15) is 32.3 Å². The Morgan fingerprint density at radius 1 is 1.11 bits per heavy atom. The summed E-state index contributed by atoms with van der Waals surface area (Å²) in [5.74, 6) is -2.43. The van der Waals surface area contributed by atoms with Gasteiger partial charge in [-0.05, 0) is 12.8 Å². The lowest BCUT2D eigenvalue weighted by atomic mass is 9.78. The van der Waals surface area contributed by atoms with Gasteiger partial charge in [-0.3, -0.25) is 10.1 Å². The maximum Gasteiger partial charge on any atom is 0.336 e. The first-order valence-electron chi connectivity index (χ1n) is 8.36. The zero-order valence-corrected chi connectivity index (χ0v) is 15.9. The van der Waals surface area contributed by atoms with E-state index in [0.717, 1.165) is 0 Å². The van der Waals surface area contributed by atoms with Crippen LogP contribution in [0.5, 0.6) is 0 Å². The molecule has 144 valence electrons. The van der Waals surface area contributed by atoms with Crippen molar-refractivity contribution in [2.75, 3.05) is 14.2 Å². The molecule has 2 rings (SSSR count). The molecule has 0 aromatic heterocycles. The fraction of sp³-hybridized carbons (Fsp3) is 0.368. The number of nitrogens with one attached hydrogen (secondary N) is 1. The van der Waals surface area contributed by atoms with Crippen LogP contribution in [0, 0.1) is 16.0 Å². The number of esters is 2. The summed E-state index contributed by atoms with van der Waals surface area (Å²) in [5.41, 5.74) is 1.35. The molecule has 1 unspecified atom stereocenters. The van der Waals surface area contributed by atoms with Crippen molar-refractivity contribution in [3.63, 3.8) is 0 Å². The first kappa shape index (κ1) is 20.2. The molecule has 1 aromatic carbocycles. The molecule has 27 heavy (non-hydrogen) atoms. The van der Waals surface area contributed by atoms with Crippen LogP contribution in [0.15, 0.2) is 46.8 Å². The van der Waals surface area contributed by atoms with E-state index in [1.165, 1.54) is 32.4 Å². The predicted molar refractivity (Wildman–Crippen MR) is 97.6 cm³/mol. The summed E-state index contributed by atoms with van der Waals surface area (Å²) in [6, 6.07) is 6.03. The molecule has 0 saturated carbocycles. The number of carbonyl (C=O) groups is 2. The van der Waals surface area contributed by atoms with Crippen LogP contribution in [0.4, 0.5) is 5.69 Å². The van der Waals surface area contributed by atoms with E-state index in [4.69, 9.17) is 9.47 Å². The number of allylic oxidation sites excluding steroid dienone is 2. The van der Waals surface area contributed by atoms with Gasteiger partial charge in [-0.2, -0.15) is 0 Å². The third kappa shape index (κ3) is 3.69. The molecule has 0 radical (unpaired) electrons. The Balaban J connectivity index is 2.89.